The lowest BCUT2D eigenvalue weighted by Crippen LogP contribution is -2.17. The average Bonchev–Trinajstić information content (AvgIpc) is 3.53. The Bertz CT molecular complexity index is 2980. The van der Waals surface area contributed by atoms with Crippen LogP contribution in [0.5, 0.6) is 0 Å². The van der Waals surface area contributed by atoms with Crippen LogP contribution in [0.15, 0.2) is 115 Å². The van der Waals surface area contributed by atoms with Crippen LogP contribution in [-0.2, 0) is 28.1 Å². The first-order chi connectivity index (χ1) is 27.3. The van der Waals surface area contributed by atoms with Gasteiger partial charge in [0.15, 0.2) is 0 Å². The van der Waals surface area contributed by atoms with Crippen molar-refractivity contribution in [1.29, 1.82) is 0 Å². The van der Waals surface area contributed by atoms with Crippen LogP contribution in [0.4, 0.5) is 0 Å². The van der Waals surface area contributed by atoms with Crippen molar-refractivity contribution < 1.29 is 0 Å². The third-order valence-electron chi connectivity index (χ3n) is 14.1. The van der Waals surface area contributed by atoms with Gasteiger partial charge in [-0.25, -0.2) is 0 Å². The fraction of sp³-hybridized carbons (Fsp3) is 0.310. The van der Waals surface area contributed by atoms with Crippen molar-refractivity contribution in [2.75, 3.05) is 0 Å². The van der Waals surface area contributed by atoms with Crippen LogP contribution in [0.3, 0.4) is 0 Å². The van der Waals surface area contributed by atoms with Gasteiger partial charge in [-0.15, -0.1) is 0 Å². The first-order valence-electron chi connectivity index (χ1n) is 21.7. The van der Waals surface area contributed by atoms with E-state index >= 15 is 0 Å². The molecule has 2 aliphatic rings. The zero-order chi connectivity index (χ0) is 40.8. The standard InChI is InChI=1S/C58H58/c1-33(2)25-34-13-19-41-42-20-14-35(29-50(42)57(9,10)49(41)26-34)47-32-48(46-23-17-38-28-40(56(6,7)8)27-37-16-22-45(47)54(46)53(37)38)36-15-21-43-44-24-18-39(55(3,4)5)31-52(44)58(11,12)51(43)30-36/h13-24,26-33H,25H2,1-12H3. The molecule has 0 N–H and O–H groups in total. The zero-order valence-electron chi connectivity index (χ0n) is 36.8. The molecule has 290 valence electrons. The van der Waals surface area contributed by atoms with Crippen LogP contribution in [0.2, 0.25) is 0 Å². The maximum Gasteiger partial charge on any atom is 0.0159 e. The van der Waals surface area contributed by atoms with Crippen molar-refractivity contribution >= 4 is 32.3 Å². The van der Waals surface area contributed by atoms with Gasteiger partial charge >= 0.3 is 0 Å². The normalized spacial score (nSPS) is 15.4. The van der Waals surface area contributed by atoms with Crippen molar-refractivity contribution in [2.45, 2.75) is 111 Å². The van der Waals surface area contributed by atoms with Crippen molar-refractivity contribution in [2.24, 2.45) is 5.92 Å². The Morgan fingerprint density at radius 1 is 0.414 bits per heavy atom. The molecule has 2 aliphatic carbocycles. The SMILES string of the molecule is CC(C)Cc1ccc2c(c1)C(C)(C)c1cc(-c3cc(-c4ccc5c(c4)C(C)(C)c4cc(C(C)(C)C)ccc4-5)c4ccc5cc(C(C)(C)C)cc6ccc3c4c65)ccc1-2. The molecule has 0 saturated heterocycles. The van der Waals surface area contributed by atoms with Crippen molar-refractivity contribution in [1.82, 2.24) is 0 Å². The Kier molecular flexibility index (Phi) is 7.78. The van der Waals surface area contributed by atoms with Crippen molar-refractivity contribution in [3.05, 3.63) is 154 Å². The second-order valence-corrected chi connectivity index (χ2v) is 21.4. The van der Waals surface area contributed by atoms with Gasteiger partial charge in [-0.2, -0.15) is 0 Å². The lowest BCUT2D eigenvalue weighted by molar-refractivity contribution is 0.584. The molecule has 0 aromatic heterocycles. The van der Waals surface area contributed by atoms with Gasteiger partial charge in [0.25, 0.3) is 0 Å². The van der Waals surface area contributed by atoms with Crippen molar-refractivity contribution in [3.63, 3.8) is 0 Å². The average molecular weight is 755 g/mol. The summed E-state index contributed by atoms with van der Waals surface area (Å²) in [6.07, 6.45) is 1.11. The van der Waals surface area contributed by atoms with E-state index in [0.717, 1.165) is 6.42 Å². The largest absolute Gasteiger partial charge is 0.0625 e. The summed E-state index contributed by atoms with van der Waals surface area (Å²) < 4.78 is 0. The highest BCUT2D eigenvalue weighted by atomic mass is 14.4. The molecule has 0 spiro atoms. The second kappa shape index (κ2) is 12.2. The number of rotatable bonds is 4. The van der Waals surface area contributed by atoms with Crippen LogP contribution >= 0.6 is 0 Å². The molecule has 0 radical (unpaired) electrons. The topological polar surface area (TPSA) is 0 Å². The Morgan fingerprint density at radius 2 is 0.862 bits per heavy atom. The molecular weight excluding hydrogens is 697 g/mol. The maximum absolute atomic E-state index is 2.53. The highest BCUT2D eigenvalue weighted by Gasteiger charge is 2.38. The Hall–Kier alpha value is -5.20. The summed E-state index contributed by atoms with van der Waals surface area (Å²) in [6.45, 7) is 28.3. The van der Waals surface area contributed by atoms with E-state index < -0.39 is 0 Å². The molecule has 0 fully saturated rings. The molecule has 0 heteroatoms. The van der Waals surface area contributed by atoms with Crippen LogP contribution in [-0.4, -0.2) is 0 Å². The van der Waals surface area contributed by atoms with Gasteiger partial charge in [-0.1, -0.05) is 180 Å². The number of hydrogen-bond donors (Lipinski definition) is 0. The third kappa shape index (κ3) is 5.40. The van der Waals surface area contributed by atoms with Gasteiger partial charge in [-0.05, 0) is 157 Å². The Morgan fingerprint density at radius 3 is 1.34 bits per heavy atom. The molecule has 0 unspecified atom stereocenters. The van der Waals surface area contributed by atoms with Crippen LogP contribution in [0.25, 0.3) is 76.8 Å². The molecule has 0 bridgehead atoms. The van der Waals surface area contributed by atoms with Gasteiger partial charge in [0.05, 0.1) is 0 Å². The molecular formula is C58H58. The smallest absolute Gasteiger partial charge is 0.0159 e. The minimum Gasteiger partial charge on any atom is -0.0625 e. The molecule has 0 nitrogen and oxygen atoms in total. The minimum absolute atomic E-state index is 0.0631. The molecule has 0 atom stereocenters. The zero-order valence-corrected chi connectivity index (χ0v) is 36.8. The monoisotopic (exact) mass is 754 g/mol. The van der Waals surface area contributed by atoms with E-state index in [4.69, 9.17) is 0 Å². The molecule has 0 heterocycles. The van der Waals surface area contributed by atoms with Gasteiger partial charge in [0.2, 0.25) is 0 Å². The van der Waals surface area contributed by atoms with E-state index in [2.05, 4.69) is 198 Å². The molecule has 58 heavy (non-hydrogen) atoms. The fourth-order valence-corrected chi connectivity index (χ4v) is 10.7. The fourth-order valence-electron chi connectivity index (χ4n) is 10.7. The minimum atomic E-state index is -0.104. The van der Waals surface area contributed by atoms with Crippen LogP contribution in [0, 0.1) is 5.92 Å². The van der Waals surface area contributed by atoms with E-state index in [1.807, 2.05) is 0 Å². The predicted octanol–water partition coefficient (Wildman–Crippen LogP) is 16.3. The molecule has 10 rings (SSSR count). The number of fused-ring (bicyclic) bond motifs is 6. The van der Waals surface area contributed by atoms with Crippen LogP contribution in [0.1, 0.15) is 122 Å². The van der Waals surface area contributed by atoms with Gasteiger partial charge in [0, 0.05) is 10.8 Å². The summed E-state index contributed by atoms with van der Waals surface area (Å²) in [6, 6.07) is 46.1. The number of benzene rings is 8. The molecule has 8 aromatic rings. The summed E-state index contributed by atoms with van der Waals surface area (Å²) >= 11 is 0. The van der Waals surface area contributed by atoms with E-state index in [-0.39, 0.29) is 21.7 Å². The predicted molar refractivity (Wildman–Crippen MR) is 252 cm³/mol. The molecule has 0 saturated carbocycles. The van der Waals surface area contributed by atoms with E-state index in [0.29, 0.717) is 5.92 Å². The van der Waals surface area contributed by atoms with Crippen molar-refractivity contribution in [3.8, 4) is 44.5 Å². The Balaban J connectivity index is 1.21. The summed E-state index contributed by atoms with van der Waals surface area (Å²) in [4.78, 5) is 0. The summed E-state index contributed by atoms with van der Waals surface area (Å²) in [5.74, 6) is 0.633. The molecule has 0 amide bonds. The quantitative estimate of drug-likeness (QED) is 0.157. The summed E-state index contributed by atoms with van der Waals surface area (Å²) in [7, 11) is 0. The highest BCUT2D eigenvalue weighted by Crippen LogP contribution is 2.54. The lowest BCUT2D eigenvalue weighted by Gasteiger charge is -2.26. The van der Waals surface area contributed by atoms with Crippen LogP contribution < -0.4 is 0 Å². The molecule has 8 aromatic carbocycles. The highest BCUT2D eigenvalue weighted by molar-refractivity contribution is 6.28. The summed E-state index contributed by atoms with van der Waals surface area (Å²) in [5, 5.41) is 8.06. The summed E-state index contributed by atoms with van der Waals surface area (Å²) in [5.41, 5.74) is 20.7. The second-order valence-electron chi connectivity index (χ2n) is 21.4. The van der Waals surface area contributed by atoms with Gasteiger partial charge in [-0.3, -0.25) is 0 Å². The van der Waals surface area contributed by atoms with E-state index in [9.17, 15) is 0 Å². The van der Waals surface area contributed by atoms with E-state index in [1.165, 1.54) is 116 Å². The first-order valence-corrected chi connectivity index (χ1v) is 21.7. The first kappa shape index (κ1) is 37.1. The maximum atomic E-state index is 2.53. The van der Waals surface area contributed by atoms with Gasteiger partial charge in [0.1, 0.15) is 0 Å². The lowest BCUT2D eigenvalue weighted by atomic mass is 9.78. The van der Waals surface area contributed by atoms with E-state index in [1.54, 1.807) is 0 Å². The number of hydrogen-bond acceptors (Lipinski definition) is 0. The van der Waals surface area contributed by atoms with Gasteiger partial charge < -0.3 is 0 Å². The molecule has 0 aliphatic heterocycles. The Labute approximate surface area is 346 Å². The third-order valence-corrected chi connectivity index (χ3v) is 14.1.